The SMILES string of the molecule is Cn1cccc1C(=O)NCCC(=O)NNC(=O)N1Cc2ccccc2Oc2ccc(Cl)cc21. The maximum Gasteiger partial charge on any atom is 0.341 e. The predicted octanol–water partition coefficient (Wildman–Crippen LogP) is 3.35. The number of ether oxygens (including phenoxy) is 1. The molecule has 1 aliphatic rings. The number of para-hydroxylation sites is 1. The van der Waals surface area contributed by atoms with Crippen LogP contribution in [0.15, 0.2) is 60.8 Å². The van der Waals surface area contributed by atoms with E-state index in [0.29, 0.717) is 27.9 Å². The number of urea groups is 1. The number of hydrogen-bond acceptors (Lipinski definition) is 4. The number of nitrogens with one attached hydrogen (secondary N) is 3. The highest BCUT2D eigenvalue weighted by molar-refractivity contribution is 6.31. The van der Waals surface area contributed by atoms with Gasteiger partial charge in [0.25, 0.3) is 5.91 Å². The molecule has 4 rings (SSSR count). The fraction of sp³-hybridized carbons (Fsp3) is 0.174. The first-order valence-corrected chi connectivity index (χ1v) is 10.6. The van der Waals surface area contributed by atoms with Gasteiger partial charge in [0.2, 0.25) is 5.91 Å². The minimum atomic E-state index is -0.556. The molecule has 10 heteroatoms. The number of fused-ring (bicyclic) bond motifs is 2. The highest BCUT2D eigenvalue weighted by Crippen LogP contribution is 2.40. The number of rotatable bonds is 4. The number of hydrazine groups is 1. The van der Waals surface area contributed by atoms with Crippen LogP contribution < -0.4 is 25.8 Å². The van der Waals surface area contributed by atoms with E-state index in [1.54, 1.807) is 48.1 Å². The molecule has 0 unspecified atom stereocenters. The Kier molecular flexibility index (Phi) is 6.50. The van der Waals surface area contributed by atoms with Crippen molar-refractivity contribution in [3.63, 3.8) is 0 Å². The fourth-order valence-corrected chi connectivity index (χ4v) is 3.57. The summed E-state index contributed by atoms with van der Waals surface area (Å²) in [6.45, 7) is 0.340. The van der Waals surface area contributed by atoms with Crippen LogP contribution in [0.25, 0.3) is 0 Å². The molecular formula is C23H22ClN5O4. The van der Waals surface area contributed by atoms with Crippen LogP contribution in [0.3, 0.4) is 0 Å². The van der Waals surface area contributed by atoms with Gasteiger partial charge < -0.3 is 14.6 Å². The number of aromatic nitrogens is 1. The first kappa shape index (κ1) is 22.2. The molecular weight excluding hydrogens is 446 g/mol. The molecule has 0 bridgehead atoms. The summed E-state index contributed by atoms with van der Waals surface area (Å²) in [6, 6.07) is 15.3. The van der Waals surface area contributed by atoms with E-state index in [-0.39, 0.29) is 25.4 Å². The largest absolute Gasteiger partial charge is 0.455 e. The Morgan fingerprint density at radius 2 is 1.85 bits per heavy atom. The summed E-state index contributed by atoms with van der Waals surface area (Å²) in [6.07, 6.45) is 1.75. The summed E-state index contributed by atoms with van der Waals surface area (Å²) in [4.78, 5) is 38.7. The van der Waals surface area contributed by atoms with Gasteiger partial charge in [-0.1, -0.05) is 29.8 Å². The van der Waals surface area contributed by atoms with Crippen LogP contribution in [-0.4, -0.2) is 29.0 Å². The number of halogens is 1. The van der Waals surface area contributed by atoms with Crippen LogP contribution in [-0.2, 0) is 18.4 Å². The molecule has 3 N–H and O–H groups in total. The summed E-state index contributed by atoms with van der Waals surface area (Å²) in [5.74, 6) is 0.368. The van der Waals surface area contributed by atoms with Crippen molar-refractivity contribution in [1.82, 2.24) is 20.7 Å². The maximum atomic E-state index is 12.9. The maximum absolute atomic E-state index is 12.9. The number of benzene rings is 2. The van der Waals surface area contributed by atoms with Gasteiger partial charge in [-0.25, -0.2) is 10.2 Å². The lowest BCUT2D eigenvalue weighted by molar-refractivity contribution is -0.121. The van der Waals surface area contributed by atoms with Crippen LogP contribution in [0.1, 0.15) is 22.5 Å². The summed E-state index contributed by atoms with van der Waals surface area (Å²) in [7, 11) is 1.76. The van der Waals surface area contributed by atoms with E-state index in [0.717, 1.165) is 5.56 Å². The first-order valence-electron chi connectivity index (χ1n) is 10.2. The normalized spacial score (nSPS) is 12.0. The summed E-state index contributed by atoms with van der Waals surface area (Å²) in [5, 5.41) is 3.12. The van der Waals surface area contributed by atoms with E-state index < -0.39 is 11.9 Å². The van der Waals surface area contributed by atoms with Crippen molar-refractivity contribution in [2.75, 3.05) is 11.4 Å². The number of carbonyl (C=O) groups is 3. The molecule has 9 nitrogen and oxygen atoms in total. The number of hydrogen-bond donors (Lipinski definition) is 3. The van der Waals surface area contributed by atoms with Crippen molar-refractivity contribution in [3.8, 4) is 11.5 Å². The fourth-order valence-electron chi connectivity index (χ4n) is 3.41. The molecule has 3 aromatic rings. The van der Waals surface area contributed by atoms with Crippen molar-refractivity contribution in [2.24, 2.45) is 7.05 Å². The average molecular weight is 468 g/mol. The van der Waals surface area contributed by atoms with Crippen molar-refractivity contribution in [1.29, 1.82) is 0 Å². The summed E-state index contributed by atoms with van der Waals surface area (Å²) in [5.41, 5.74) is 6.56. The van der Waals surface area contributed by atoms with E-state index in [2.05, 4.69) is 16.2 Å². The molecule has 4 amide bonds. The highest BCUT2D eigenvalue weighted by Gasteiger charge is 2.26. The van der Waals surface area contributed by atoms with Gasteiger partial charge in [0.05, 0.1) is 12.2 Å². The second kappa shape index (κ2) is 9.66. The Hall–Kier alpha value is -3.98. The lowest BCUT2D eigenvalue weighted by atomic mass is 10.2. The van der Waals surface area contributed by atoms with Gasteiger partial charge in [0.1, 0.15) is 11.4 Å². The third-order valence-electron chi connectivity index (χ3n) is 5.10. The van der Waals surface area contributed by atoms with Crippen molar-refractivity contribution in [2.45, 2.75) is 13.0 Å². The summed E-state index contributed by atoms with van der Waals surface area (Å²) >= 11 is 6.15. The molecule has 170 valence electrons. The smallest absolute Gasteiger partial charge is 0.341 e. The Morgan fingerprint density at radius 3 is 2.64 bits per heavy atom. The third kappa shape index (κ3) is 5.09. The van der Waals surface area contributed by atoms with Crippen LogP contribution in [0, 0.1) is 0 Å². The quantitative estimate of drug-likeness (QED) is 0.512. The Morgan fingerprint density at radius 1 is 1.03 bits per heavy atom. The molecule has 2 heterocycles. The van der Waals surface area contributed by atoms with E-state index in [1.807, 2.05) is 24.3 Å². The monoisotopic (exact) mass is 467 g/mol. The highest BCUT2D eigenvalue weighted by atomic mass is 35.5. The van der Waals surface area contributed by atoms with Gasteiger partial charge >= 0.3 is 6.03 Å². The van der Waals surface area contributed by atoms with Gasteiger partial charge in [-0.15, -0.1) is 0 Å². The zero-order valence-corrected chi connectivity index (χ0v) is 18.6. The van der Waals surface area contributed by atoms with E-state index in [9.17, 15) is 14.4 Å². The lowest BCUT2D eigenvalue weighted by Crippen LogP contribution is -2.49. The Labute approximate surface area is 195 Å². The average Bonchev–Trinajstić information content (AvgIpc) is 3.16. The molecule has 0 atom stereocenters. The molecule has 0 saturated heterocycles. The van der Waals surface area contributed by atoms with Crippen LogP contribution >= 0.6 is 11.6 Å². The molecule has 33 heavy (non-hydrogen) atoms. The van der Waals surface area contributed by atoms with Gasteiger partial charge in [0.15, 0.2) is 5.75 Å². The van der Waals surface area contributed by atoms with Crippen molar-refractivity contribution >= 4 is 35.1 Å². The number of carbonyl (C=O) groups excluding carboxylic acids is 3. The number of amides is 4. The third-order valence-corrected chi connectivity index (χ3v) is 5.34. The van der Waals surface area contributed by atoms with Crippen LogP contribution in [0.4, 0.5) is 10.5 Å². The number of anilines is 1. The minimum Gasteiger partial charge on any atom is -0.455 e. The van der Waals surface area contributed by atoms with Gasteiger partial charge in [-0.3, -0.25) is 19.9 Å². The molecule has 0 spiro atoms. The number of aryl methyl sites for hydroxylation is 1. The standard InChI is InChI=1S/C23H22ClN5O4/c1-28-12-4-6-17(28)22(31)25-11-10-21(30)26-27-23(32)29-14-15-5-2-3-7-19(15)33-20-9-8-16(24)13-18(20)29/h2-9,12-13H,10-11,14H2,1H3,(H,25,31)(H,26,30)(H,27,32). The van der Waals surface area contributed by atoms with Gasteiger partial charge in [-0.2, -0.15) is 0 Å². The van der Waals surface area contributed by atoms with E-state index in [1.165, 1.54) is 4.90 Å². The lowest BCUT2D eigenvalue weighted by Gasteiger charge is -2.22. The molecule has 2 aromatic carbocycles. The topological polar surface area (TPSA) is 105 Å². The molecule has 1 aliphatic heterocycles. The molecule has 0 radical (unpaired) electrons. The summed E-state index contributed by atoms with van der Waals surface area (Å²) < 4.78 is 7.65. The molecule has 0 saturated carbocycles. The van der Waals surface area contributed by atoms with Crippen molar-refractivity contribution < 1.29 is 19.1 Å². The zero-order chi connectivity index (χ0) is 23.4. The minimum absolute atomic E-state index is 0.00912. The van der Waals surface area contributed by atoms with Crippen LogP contribution in [0.5, 0.6) is 11.5 Å². The molecule has 0 aliphatic carbocycles. The molecule has 0 fully saturated rings. The Bertz CT molecular complexity index is 1210. The molecule has 1 aromatic heterocycles. The Balaban J connectivity index is 1.36. The second-order valence-corrected chi connectivity index (χ2v) is 7.83. The second-order valence-electron chi connectivity index (χ2n) is 7.40. The van der Waals surface area contributed by atoms with Crippen molar-refractivity contribution in [3.05, 3.63) is 77.1 Å². The van der Waals surface area contributed by atoms with Gasteiger partial charge in [-0.05, 0) is 36.4 Å². The van der Waals surface area contributed by atoms with Gasteiger partial charge in [0, 0.05) is 36.8 Å². The van der Waals surface area contributed by atoms with E-state index >= 15 is 0 Å². The predicted molar refractivity (Wildman–Crippen MR) is 123 cm³/mol. The van der Waals surface area contributed by atoms with Crippen LogP contribution in [0.2, 0.25) is 5.02 Å². The van der Waals surface area contributed by atoms with E-state index in [4.69, 9.17) is 16.3 Å². The zero-order valence-electron chi connectivity index (χ0n) is 17.8. The first-order chi connectivity index (χ1) is 15.9. The number of nitrogens with zero attached hydrogens (tertiary/aromatic N) is 2.